The van der Waals surface area contributed by atoms with Crippen molar-refractivity contribution in [2.24, 2.45) is 10.4 Å². The summed E-state index contributed by atoms with van der Waals surface area (Å²) in [5.41, 5.74) is 5.04. The number of para-hydroxylation sites is 2. The summed E-state index contributed by atoms with van der Waals surface area (Å²) >= 11 is 0. The van der Waals surface area contributed by atoms with Crippen molar-refractivity contribution >= 4 is 17.0 Å². The van der Waals surface area contributed by atoms with Gasteiger partial charge in [0.05, 0.1) is 17.4 Å². The van der Waals surface area contributed by atoms with Crippen molar-refractivity contribution in [1.82, 2.24) is 20.2 Å². The zero-order valence-electron chi connectivity index (χ0n) is 19.3. The van der Waals surface area contributed by atoms with Crippen LogP contribution in [0.25, 0.3) is 11.0 Å². The Kier molecular flexibility index (Phi) is 7.43. The number of nitrogens with zero attached hydrogens (tertiary/aromatic N) is 3. The molecule has 0 aliphatic heterocycles. The first-order chi connectivity index (χ1) is 15.7. The molecule has 0 unspecified atom stereocenters. The molecule has 6 heteroatoms. The van der Waals surface area contributed by atoms with E-state index in [0.29, 0.717) is 5.41 Å². The molecule has 1 fully saturated rings. The van der Waals surface area contributed by atoms with E-state index in [1.807, 2.05) is 25.5 Å². The highest BCUT2D eigenvalue weighted by Gasteiger charge is 2.33. The lowest BCUT2D eigenvalue weighted by molar-refractivity contribution is 0.138. The highest BCUT2D eigenvalue weighted by atomic mass is 16.5. The van der Waals surface area contributed by atoms with Crippen molar-refractivity contribution < 1.29 is 4.74 Å². The van der Waals surface area contributed by atoms with Crippen LogP contribution in [0.4, 0.5) is 0 Å². The van der Waals surface area contributed by atoms with Gasteiger partial charge in [0.2, 0.25) is 0 Å². The highest BCUT2D eigenvalue weighted by Crippen LogP contribution is 2.40. The number of imidazole rings is 1. The summed E-state index contributed by atoms with van der Waals surface area (Å²) in [6.45, 7) is 3.35. The maximum atomic E-state index is 5.35. The van der Waals surface area contributed by atoms with Crippen LogP contribution >= 0.6 is 0 Å². The summed E-state index contributed by atoms with van der Waals surface area (Å²) in [4.78, 5) is 8.91. The van der Waals surface area contributed by atoms with Gasteiger partial charge in [-0.3, -0.25) is 4.99 Å². The molecule has 1 saturated carbocycles. The maximum absolute atomic E-state index is 5.35. The standard InChI is InChI=1S/C26H35N5O/c1-27-25(29-19-26(15-16-32-2)13-5-6-14-26)28-17-21-9-11-22(12-10-21)18-31-20-30-23-7-3-4-8-24(23)31/h3-4,7-12,20H,5-6,13-19H2,1-2H3,(H2,27,28,29). The average molecular weight is 434 g/mol. The lowest BCUT2D eigenvalue weighted by Gasteiger charge is -2.30. The molecule has 0 radical (unpaired) electrons. The molecule has 6 nitrogen and oxygen atoms in total. The minimum atomic E-state index is 0.340. The van der Waals surface area contributed by atoms with E-state index in [-0.39, 0.29) is 0 Å². The summed E-state index contributed by atoms with van der Waals surface area (Å²) in [5.74, 6) is 0.864. The third kappa shape index (κ3) is 5.49. The number of hydrogen-bond donors (Lipinski definition) is 2. The first-order valence-electron chi connectivity index (χ1n) is 11.6. The first-order valence-corrected chi connectivity index (χ1v) is 11.6. The quantitative estimate of drug-likeness (QED) is 0.389. The fourth-order valence-corrected chi connectivity index (χ4v) is 4.73. The van der Waals surface area contributed by atoms with Crippen LogP contribution in [0.1, 0.15) is 43.2 Å². The van der Waals surface area contributed by atoms with Gasteiger partial charge < -0.3 is 19.9 Å². The van der Waals surface area contributed by atoms with Crippen molar-refractivity contribution in [3.8, 4) is 0 Å². The molecule has 0 bridgehead atoms. The number of methoxy groups -OCH3 is 1. The summed E-state index contributed by atoms with van der Waals surface area (Å²) < 4.78 is 7.54. The molecule has 0 atom stereocenters. The Labute approximate surface area is 191 Å². The monoisotopic (exact) mass is 433 g/mol. The number of rotatable bonds is 9. The Morgan fingerprint density at radius 2 is 1.81 bits per heavy atom. The molecule has 170 valence electrons. The largest absolute Gasteiger partial charge is 0.385 e. The number of hydrogen-bond acceptors (Lipinski definition) is 3. The SMILES string of the molecule is CN=C(NCc1ccc(Cn2cnc3ccccc32)cc1)NCC1(CCOC)CCCC1. The molecule has 0 saturated heterocycles. The van der Waals surface area contributed by atoms with Crippen molar-refractivity contribution in [2.75, 3.05) is 27.3 Å². The van der Waals surface area contributed by atoms with E-state index in [2.05, 4.69) is 61.6 Å². The van der Waals surface area contributed by atoms with Crippen LogP contribution in [0, 0.1) is 5.41 Å². The number of guanidine groups is 1. The molecular weight excluding hydrogens is 398 g/mol. The van der Waals surface area contributed by atoms with Crippen LogP contribution < -0.4 is 10.6 Å². The maximum Gasteiger partial charge on any atom is 0.191 e. The fraction of sp³-hybridized carbons (Fsp3) is 0.462. The number of nitrogens with one attached hydrogen (secondary N) is 2. The number of aromatic nitrogens is 2. The Bertz CT molecular complexity index is 1020. The first kappa shape index (κ1) is 22.3. The van der Waals surface area contributed by atoms with Gasteiger partial charge in [0.1, 0.15) is 0 Å². The molecule has 4 rings (SSSR count). The van der Waals surface area contributed by atoms with Crippen LogP contribution in [0.2, 0.25) is 0 Å². The molecular formula is C26H35N5O. The molecule has 0 amide bonds. The van der Waals surface area contributed by atoms with Crippen molar-refractivity contribution in [3.63, 3.8) is 0 Å². The third-order valence-electron chi connectivity index (χ3n) is 6.72. The zero-order valence-corrected chi connectivity index (χ0v) is 19.3. The Hall–Kier alpha value is -2.86. The number of fused-ring (bicyclic) bond motifs is 1. The summed E-state index contributed by atoms with van der Waals surface area (Å²) in [5, 5.41) is 7.03. The molecule has 0 spiro atoms. The summed E-state index contributed by atoms with van der Waals surface area (Å²) in [6, 6.07) is 17.0. The molecule has 2 N–H and O–H groups in total. The van der Waals surface area contributed by atoms with Gasteiger partial charge in [-0.25, -0.2) is 4.98 Å². The second-order valence-corrected chi connectivity index (χ2v) is 8.91. The van der Waals surface area contributed by atoms with E-state index < -0.39 is 0 Å². The van der Waals surface area contributed by atoms with Crippen molar-refractivity contribution in [3.05, 3.63) is 66.0 Å². The lowest BCUT2D eigenvalue weighted by Crippen LogP contribution is -2.43. The van der Waals surface area contributed by atoms with Gasteiger partial charge in [-0.05, 0) is 47.9 Å². The van der Waals surface area contributed by atoms with E-state index in [1.54, 1.807) is 7.11 Å². The molecule has 1 aliphatic rings. The van der Waals surface area contributed by atoms with Crippen LogP contribution in [-0.2, 0) is 17.8 Å². The van der Waals surface area contributed by atoms with E-state index in [4.69, 9.17) is 4.74 Å². The normalized spacial score (nSPS) is 15.9. The highest BCUT2D eigenvalue weighted by molar-refractivity contribution is 5.79. The van der Waals surface area contributed by atoms with E-state index in [0.717, 1.165) is 44.1 Å². The van der Waals surface area contributed by atoms with Gasteiger partial charge in [-0.2, -0.15) is 0 Å². The molecule has 1 aromatic heterocycles. The third-order valence-corrected chi connectivity index (χ3v) is 6.72. The fourth-order valence-electron chi connectivity index (χ4n) is 4.73. The van der Waals surface area contributed by atoms with Crippen LogP contribution in [-0.4, -0.2) is 42.8 Å². The minimum Gasteiger partial charge on any atom is -0.385 e. The molecule has 1 heterocycles. The summed E-state index contributed by atoms with van der Waals surface area (Å²) in [6.07, 6.45) is 8.21. The van der Waals surface area contributed by atoms with Crippen LogP contribution in [0.3, 0.4) is 0 Å². The van der Waals surface area contributed by atoms with Crippen LogP contribution in [0.5, 0.6) is 0 Å². The predicted octanol–water partition coefficient (Wildman–Crippen LogP) is 4.35. The number of aliphatic imine (C=N–C) groups is 1. The smallest absolute Gasteiger partial charge is 0.191 e. The van der Waals surface area contributed by atoms with Gasteiger partial charge in [-0.1, -0.05) is 49.2 Å². The van der Waals surface area contributed by atoms with E-state index >= 15 is 0 Å². The minimum absolute atomic E-state index is 0.340. The number of ether oxygens (including phenoxy) is 1. The molecule has 2 aromatic carbocycles. The summed E-state index contributed by atoms with van der Waals surface area (Å²) in [7, 11) is 3.63. The van der Waals surface area contributed by atoms with Crippen molar-refractivity contribution in [2.45, 2.75) is 45.2 Å². The van der Waals surface area contributed by atoms with E-state index in [9.17, 15) is 0 Å². The molecule has 32 heavy (non-hydrogen) atoms. The van der Waals surface area contributed by atoms with Gasteiger partial charge in [0.15, 0.2) is 5.96 Å². The van der Waals surface area contributed by atoms with Gasteiger partial charge in [-0.15, -0.1) is 0 Å². The van der Waals surface area contributed by atoms with Gasteiger partial charge in [0.25, 0.3) is 0 Å². The van der Waals surface area contributed by atoms with Crippen molar-refractivity contribution in [1.29, 1.82) is 0 Å². The predicted molar refractivity (Wildman–Crippen MR) is 131 cm³/mol. The van der Waals surface area contributed by atoms with Gasteiger partial charge in [0, 0.05) is 40.4 Å². The Morgan fingerprint density at radius 3 is 2.56 bits per heavy atom. The van der Waals surface area contributed by atoms with E-state index in [1.165, 1.54) is 42.3 Å². The Morgan fingerprint density at radius 1 is 1.06 bits per heavy atom. The van der Waals surface area contributed by atoms with Gasteiger partial charge >= 0.3 is 0 Å². The second-order valence-electron chi connectivity index (χ2n) is 8.91. The Balaban J connectivity index is 1.29. The second kappa shape index (κ2) is 10.6. The lowest BCUT2D eigenvalue weighted by atomic mass is 9.83. The topological polar surface area (TPSA) is 63.5 Å². The molecule has 1 aliphatic carbocycles. The number of benzene rings is 2. The zero-order chi connectivity index (χ0) is 22.2. The molecule has 3 aromatic rings. The van der Waals surface area contributed by atoms with Crippen LogP contribution in [0.15, 0.2) is 59.9 Å². The average Bonchev–Trinajstić information content (AvgIpc) is 3.47.